The maximum absolute atomic E-state index is 12.9. The fourth-order valence-electron chi connectivity index (χ4n) is 3.83. The third kappa shape index (κ3) is 2.78. The van der Waals surface area contributed by atoms with Gasteiger partial charge >= 0.3 is 5.69 Å². The van der Waals surface area contributed by atoms with Crippen molar-refractivity contribution >= 4 is 45.3 Å². The van der Waals surface area contributed by atoms with E-state index in [9.17, 15) is 4.79 Å². The first-order valence-electron chi connectivity index (χ1n) is 9.26. The minimum atomic E-state index is -0.00741. The Kier molecular flexibility index (Phi) is 4.13. The maximum Gasteiger partial charge on any atom is 0.329 e. The lowest BCUT2D eigenvalue weighted by Crippen LogP contribution is -2.29. The van der Waals surface area contributed by atoms with Crippen LogP contribution in [0.25, 0.3) is 22.1 Å². The molecule has 1 saturated heterocycles. The third-order valence-corrected chi connectivity index (χ3v) is 5.95. The summed E-state index contributed by atoms with van der Waals surface area (Å²) in [6.45, 7) is 3.40. The van der Waals surface area contributed by atoms with Crippen LogP contribution in [0.5, 0.6) is 0 Å². The van der Waals surface area contributed by atoms with E-state index in [1.807, 2.05) is 29.7 Å². The predicted molar refractivity (Wildman–Crippen MR) is 109 cm³/mol. The number of imidazole rings is 1. The van der Waals surface area contributed by atoms with E-state index >= 15 is 0 Å². The van der Waals surface area contributed by atoms with Crippen molar-refractivity contribution in [2.75, 3.05) is 18.5 Å². The molecule has 0 aliphatic carbocycles. The Balaban J connectivity index is 1.58. The highest BCUT2D eigenvalue weighted by molar-refractivity contribution is 7.00. The van der Waals surface area contributed by atoms with Gasteiger partial charge in [-0.05, 0) is 37.5 Å². The van der Waals surface area contributed by atoms with Crippen molar-refractivity contribution in [2.24, 2.45) is 7.05 Å². The summed E-state index contributed by atoms with van der Waals surface area (Å²) < 4.78 is 17.6. The van der Waals surface area contributed by atoms with Crippen molar-refractivity contribution in [2.45, 2.75) is 25.8 Å². The second kappa shape index (κ2) is 6.68. The van der Waals surface area contributed by atoms with Crippen LogP contribution < -0.4 is 11.0 Å². The van der Waals surface area contributed by atoms with Crippen LogP contribution >= 0.6 is 11.7 Å². The van der Waals surface area contributed by atoms with Crippen LogP contribution in [0.2, 0.25) is 0 Å². The number of ether oxygens (including phenoxy) is 1. The minimum Gasteiger partial charge on any atom is -0.381 e. The Labute approximate surface area is 165 Å². The van der Waals surface area contributed by atoms with E-state index < -0.39 is 0 Å². The van der Waals surface area contributed by atoms with Crippen molar-refractivity contribution in [3.8, 4) is 0 Å². The van der Waals surface area contributed by atoms with Gasteiger partial charge < -0.3 is 10.1 Å². The highest BCUT2D eigenvalue weighted by atomic mass is 32.1. The lowest BCUT2D eigenvalue weighted by molar-refractivity contribution is 0.0696. The monoisotopic (exact) mass is 396 g/mol. The summed E-state index contributed by atoms with van der Waals surface area (Å²) in [6, 6.07) is 6.10. The molecule has 4 heterocycles. The predicted octanol–water partition coefficient (Wildman–Crippen LogP) is 3.14. The van der Waals surface area contributed by atoms with E-state index in [4.69, 9.17) is 4.74 Å². The number of pyridine rings is 1. The molecule has 1 N–H and O–H groups in total. The van der Waals surface area contributed by atoms with Gasteiger partial charge in [-0.15, -0.1) is 0 Å². The zero-order valence-corrected chi connectivity index (χ0v) is 16.5. The number of rotatable bonds is 3. The molecule has 1 aliphatic rings. The van der Waals surface area contributed by atoms with Gasteiger partial charge in [0.1, 0.15) is 16.9 Å². The molecule has 0 saturated carbocycles. The van der Waals surface area contributed by atoms with E-state index in [1.165, 1.54) is 11.7 Å². The molecule has 28 heavy (non-hydrogen) atoms. The van der Waals surface area contributed by atoms with Gasteiger partial charge in [-0.2, -0.15) is 8.75 Å². The van der Waals surface area contributed by atoms with Crippen LogP contribution in [0.15, 0.2) is 29.2 Å². The van der Waals surface area contributed by atoms with Gasteiger partial charge in [0.2, 0.25) is 0 Å². The van der Waals surface area contributed by atoms with Gasteiger partial charge in [-0.3, -0.25) is 9.13 Å². The van der Waals surface area contributed by atoms with Gasteiger partial charge in [0.25, 0.3) is 0 Å². The van der Waals surface area contributed by atoms with Gasteiger partial charge in [0.05, 0.1) is 29.0 Å². The summed E-state index contributed by atoms with van der Waals surface area (Å²) in [7, 11) is 1.79. The average molecular weight is 396 g/mol. The van der Waals surface area contributed by atoms with E-state index in [2.05, 4.69) is 19.0 Å². The van der Waals surface area contributed by atoms with E-state index in [-0.39, 0.29) is 11.7 Å². The fraction of sp³-hybridized carbons (Fsp3) is 0.368. The number of hydrogen-bond acceptors (Lipinski definition) is 7. The van der Waals surface area contributed by atoms with Crippen molar-refractivity contribution in [3.63, 3.8) is 0 Å². The van der Waals surface area contributed by atoms with Crippen LogP contribution in [-0.2, 0) is 11.8 Å². The van der Waals surface area contributed by atoms with Gasteiger partial charge in [0.15, 0.2) is 0 Å². The summed E-state index contributed by atoms with van der Waals surface area (Å²) in [5.41, 5.74) is 5.47. The SMILES string of the molecule is Cc1cc2nsnc2cc1Nc1cc2c(cn1)n(C)c(=O)n2C1CCOCC1. The van der Waals surface area contributed by atoms with Crippen molar-refractivity contribution in [1.29, 1.82) is 0 Å². The molecular weight excluding hydrogens is 376 g/mol. The molecule has 0 unspecified atom stereocenters. The lowest BCUT2D eigenvalue weighted by atomic mass is 10.1. The normalized spacial score (nSPS) is 15.5. The Bertz CT molecular complexity index is 1230. The van der Waals surface area contributed by atoms with Gasteiger partial charge in [-0.25, -0.2) is 9.78 Å². The number of aryl methyl sites for hydroxylation is 2. The fourth-order valence-corrected chi connectivity index (χ4v) is 4.34. The topological polar surface area (TPSA) is 86.9 Å². The Morgan fingerprint density at radius 2 is 1.89 bits per heavy atom. The van der Waals surface area contributed by atoms with E-state index in [0.717, 1.165) is 46.2 Å². The van der Waals surface area contributed by atoms with E-state index in [1.54, 1.807) is 17.8 Å². The molecule has 3 aromatic heterocycles. The third-order valence-electron chi connectivity index (χ3n) is 5.39. The zero-order valence-electron chi connectivity index (χ0n) is 15.7. The molecule has 1 aromatic carbocycles. The minimum absolute atomic E-state index is 0.00741. The molecule has 0 bridgehead atoms. The molecular formula is C19H20N6O2S. The number of aromatic nitrogens is 5. The Morgan fingerprint density at radius 3 is 2.68 bits per heavy atom. The second-order valence-corrected chi connectivity index (χ2v) is 7.69. The molecule has 0 spiro atoms. The van der Waals surface area contributed by atoms with Crippen LogP contribution in [-0.4, -0.2) is 36.1 Å². The number of anilines is 2. The molecule has 144 valence electrons. The van der Waals surface area contributed by atoms with Gasteiger partial charge in [-0.1, -0.05) is 0 Å². The number of fused-ring (bicyclic) bond motifs is 2. The quantitative estimate of drug-likeness (QED) is 0.572. The van der Waals surface area contributed by atoms with Gasteiger partial charge in [0, 0.05) is 38.1 Å². The van der Waals surface area contributed by atoms with Crippen molar-refractivity contribution < 1.29 is 4.74 Å². The Morgan fingerprint density at radius 1 is 1.14 bits per heavy atom. The molecule has 0 atom stereocenters. The smallest absolute Gasteiger partial charge is 0.329 e. The molecule has 9 heteroatoms. The maximum atomic E-state index is 12.9. The van der Waals surface area contributed by atoms with Crippen LogP contribution in [0.4, 0.5) is 11.5 Å². The van der Waals surface area contributed by atoms with Crippen molar-refractivity contribution in [3.05, 3.63) is 40.4 Å². The largest absolute Gasteiger partial charge is 0.381 e. The molecule has 8 nitrogen and oxygen atoms in total. The summed E-state index contributed by atoms with van der Waals surface area (Å²) in [5, 5.41) is 3.38. The molecule has 4 aromatic rings. The van der Waals surface area contributed by atoms with Crippen LogP contribution in [0.1, 0.15) is 24.4 Å². The molecule has 0 radical (unpaired) electrons. The number of hydrogen-bond donors (Lipinski definition) is 1. The van der Waals surface area contributed by atoms with Crippen LogP contribution in [0.3, 0.4) is 0 Å². The molecule has 1 aliphatic heterocycles. The number of benzene rings is 1. The Hall–Kier alpha value is -2.78. The summed E-state index contributed by atoms with van der Waals surface area (Å²) in [6.07, 6.45) is 3.45. The standard InChI is InChI=1S/C19H20N6O2S/c1-11-7-14-15(23-28-22-14)8-13(11)21-18-9-16-17(10-20-18)24(2)19(26)25(16)12-3-5-27-6-4-12/h7-10,12H,3-6H2,1-2H3,(H,20,21). The van der Waals surface area contributed by atoms with E-state index in [0.29, 0.717) is 19.0 Å². The zero-order chi connectivity index (χ0) is 19.3. The first-order chi connectivity index (χ1) is 13.6. The summed E-state index contributed by atoms with van der Waals surface area (Å²) >= 11 is 1.21. The molecule has 0 amide bonds. The highest BCUT2D eigenvalue weighted by Crippen LogP contribution is 2.28. The van der Waals surface area contributed by atoms with Crippen molar-refractivity contribution in [1.82, 2.24) is 22.9 Å². The summed E-state index contributed by atoms with van der Waals surface area (Å²) in [5.74, 6) is 0.699. The first kappa shape index (κ1) is 17.3. The average Bonchev–Trinajstić information content (AvgIpc) is 3.25. The molecule has 5 rings (SSSR count). The second-order valence-electron chi connectivity index (χ2n) is 7.16. The highest BCUT2D eigenvalue weighted by Gasteiger charge is 2.22. The molecule has 1 fully saturated rings. The first-order valence-corrected chi connectivity index (χ1v) is 9.99. The number of nitrogens with zero attached hydrogens (tertiary/aromatic N) is 5. The van der Waals surface area contributed by atoms with Crippen LogP contribution in [0, 0.1) is 6.92 Å². The summed E-state index contributed by atoms with van der Waals surface area (Å²) in [4.78, 5) is 17.4. The lowest BCUT2D eigenvalue weighted by Gasteiger charge is -2.23. The number of nitrogens with one attached hydrogen (secondary N) is 1.